The molecule has 0 fully saturated rings. The molecule has 0 bridgehead atoms. The normalized spacial score (nSPS) is 10.1. The molecule has 3 heteroatoms. The van der Waals surface area contributed by atoms with Gasteiger partial charge < -0.3 is 4.18 Å². The van der Waals surface area contributed by atoms with E-state index in [1.54, 1.807) is 4.70 Å². The van der Waals surface area contributed by atoms with Crippen LogP contribution in [0.1, 0.15) is 26.7 Å². The third-order valence-corrected chi connectivity index (χ3v) is 1.84. The highest BCUT2D eigenvalue weighted by Gasteiger charge is 2.00. The van der Waals surface area contributed by atoms with Crippen LogP contribution in [0.4, 0.5) is 0 Å². The first-order valence-electron chi connectivity index (χ1n) is 3.10. The maximum atomic E-state index is 5.25. The van der Waals surface area contributed by atoms with E-state index in [9.17, 15) is 0 Å². The van der Waals surface area contributed by atoms with Crippen molar-refractivity contribution in [3.8, 4) is 0 Å². The summed E-state index contributed by atoms with van der Waals surface area (Å²) in [5.74, 6) is 0. The van der Waals surface area contributed by atoms with Gasteiger partial charge in [-0.3, -0.25) is 0 Å². The van der Waals surface area contributed by atoms with E-state index in [4.69, 9.17) is 4.18 Å². The molecule has 0 spiro atoms. The Morgan fingerprint density at radius 2 is 2.11 bits per heavy atom. The molecule has 0 unspecified atom stereocenters. The molecule has 0 atom stereocenters. The largest absolute Gasteiger partial charge is 0.307 e. The summed E-state index contributed by atoms with van der Waals surface area (Å²) in [5, 5.41) is 0. The maximum absolute atomic E-state index is 5.25. The molecule has 0 aliphatic heterocycles. The molecular weight excluding hydrogens is 152 g/mol. The van der Waals surface area contributed by atoms with Crippen molar-refractivity contribution in [3.63, 3.8) is 0 Å². The molecule has 0 aromatic carbocycles. The number of hydrogen-bond acceptors (Lipinski definition) is 3. The van der Waals surface area contributed by atoms with Crippen LogP contribution >= 0.6 is 24.3 Å². The average Bonchev–Trinajstić information content (AvgIpc) is 1.91. The van der Waals surface area contributed by atoms with Crippen molar-refractivity contribution in [1.82, 2.24) is 0 Å². The number of rotatable bonds is 5. The van der Waals surface area contributed by atoms with E-state index in [0.717, 1.165) is 12.8 Å². The Hall–Kier alpha value is 0.400. The molecule has 0 aliphatic rings. The second-order valence-electron chi connectivity index (χ2n) is 1.73. The lowest BCUT2D eigenvalue weighted by atomic mass is 10.2. The molecule has 0 aromatic heterocycles. The first-order valence-corrected chi connectivity index (χ1v) is 4.38. The summed E-state index contributed by atoms with van der Waals surface area (Å²) in [7, 11) is 0. The predicted molar refractivity (Wildman–Crippen MR) is 46.7 cm³/mol. The second-order valence-corrected chi connectivity index (χ2v) is 2.88. The lowest BCUT2D eigenvalue weighted by molar-refractivity contribution is 0.234. The van der Waals surface area contributed by atoms with E-state index in [0.29, 0.717) is 6.10 Å². The van der Waals surface area contributed by atoms with E-state index >= 15 is 0 Å². The zero-order valence-corrected chi connectivity index (χ0v) is 7.43. The molecule has 0 radical (unpaired) electrons. The molecule has 0 heterocycles. The van der Waals surface area contributed by atoms with Crippen LogP contribution in [0.15, 0.2) is 0 Å². The van der Waals surface area contributed by atoms with Crippen molar-refractivity contribution < 1.29 is 4.18 Å². The highest BCUT2D eigenvalue weighted by atomic mass is 32.2. The first kappa shape index (κ1) is 9.40. The molecule has 9 heavy (non-hydrogen) atoms. The molecule has 0 N–H and O–H groups in total. The second kappa shape index (κ2) is 6.52. The van der Waals surface area contributed by atoms with Gasteiger partial charge in [-0.2, -0.15) is 0 Å². The van der Waals surface area contributed by atoms with Gasteiger partial charge in [0, 0.05) is 12.0 Å². The van der Waals surface area contributed by atoms with Gasteiger partial charge in [-0.05, 0) is 12.8 Å². The van der Waals surface area contributed by atoms with Crippen molar-refractivity contribution in [2.45, 2.75) is 32.8 Å². The number of hydrogen-bond donors (Lipinski definition) is 0. The molecule has 0 rings (SSSR count). The fraction of sp³-hybridized carbons (Fsp3) is 0.833. The summed E-state index contributed by atoms with van der Waals surface area (Å²) < 4.78 is 6.79. The maximum Gasteiger partial charge on any atom is 0.0721 e. The van der Waals surface area contributed by atoms with Gasteiger partial charge in [0.15, 0.2) is 0 Å². The van der Waals surface area contributed by atoms with Crippen LogP contribution < -0.4 is 0 Å². The topological polar surface area (TPSA) is 9.23 Å². The van der Waals surface area contributed by atoms with E-state index in [1.807, 2.05) is 0 Å². The monoisotopic (exact) mass is 164 g/mol. The minimum Gasteiger partial charge on any atom is -0.307 e. The van der Waals surface area contributed by atoms with Gasteiger partial charge in [-0.1, -0.05) is 26.1 Å². The first-order chi connectivity index (χ1) is 4.35. The van der Waals surface area contributed by atoms with Gasteiger partial charge in [0.25, 0.3) is 0 Å². The molecule has 0 saturated carbocycles. The summed E-state index contributed by atoms with van der Waals surface area (Å²) in [5.41, 5.74) is 0. The lowest BCUT2D eigenvalue weighted by Gasteiger charge is -2.08. The summed E-state index contributed by atoms with van der Waals surface area (Å²) in [6, 6.07) is 0. The zero-order chi connectivity index (χ0) is 7.11. The molecule has 0 amide bonds. The fourth-order valence-electron chi connectivity index (χ4n) is 0.526. The molecule has 0 aromatic rings. The third-order valence-electron chi connectivity index (χ3n) is 1.14. The summed E-state index contributed by atoms with van der Waals surface area (Å²) in [4.78, 5) is 0. The Bertz CT molecular complexity index is 71.5. The average molecular weight is 164 g/mol. The van der Waals surface area contributed by atoms with Crippen molar-refractivity contribution in [3.05, 3.63) is 0 Å². The molecule has 1 nitrogen and oxygen atoms in total. The number of thiocarbonyl (C=S) groups is 1. The molecular formula is C6H12OS2. The van der Waals surface area contributed by atoms with Crippen LogP contribution in [-0.4, -0.2) is 10.8 Å². The van der Waals surface area contributed by atoms with Crippen LogP contribution in [0, 0.1) is 0 Å². The quantitative estimate of drug-likeness (QED) is 0.457. The van der Waals surface area contributed by atoms with Crippen molar-refractivity contribution in [2.24, 2.45) is 0 Å². The lowest BCUT2D eigenvalue weighted by Crippen LogP contribution is -2.04. The summed E-state index contributed by atoms with van der Waals surface area (Å²) >= 11 is 5.83. The fourth-order valence-corrected chi connectivity index (χ4v) is 1.14. The van der Waals surface area contributed by atoms with E-state index in [2.05, 4.69) is 26.1 Å². The van der Waals surface area contributed by atoms with Gasteiger partial charge in [-0.25, -0.2) is 0 Å². The van der Waals surface area contributed by atoms with Crippen molar-refractivity contribution in [1.29, 1.82) is 0 Å². The SMILES string of the molecule is CCC(CC)OSC=S. The molecule has 0 saturated heterocycles. The van der Waals surface area contributed by atoms with Crippen molar-refractivity contribution in [2.75, 3.05) is 0 Å². The highest BCUT2D eigenvalue weighted by molar-refractivity contribution is 8.17. The van der Waals surface area contributed by atoms with Gasteiger partial charge in [-0.15, -0.1) is 0 Å². The van der Waals surface area contributed by atoms with Crippen LogP contribution in [0.3, 0.4) is 0 Å². The standard InChI is InChI=1S/C6H12OS2/c1-3-6(4-2)7-9-5-8/h5-6H,3-4H2,1-2H3. The Balaban J connectivity index is 3.19. The predicted octanol–water partition coefficient (Wildman–Crippen LogP) is 2.80. The van der Waals surface area contributed by atoms with Gasteiger partial charge in [0.05, 0.1) is 10.8 Å². The van der Waals surface area contributed by atoms with Gasteiger partial charge in [0.1, 0.15) is 0 Å². The van der Waals surface area contributed by atoms with Crippen molar-refractivity contribution >= 4 is 29.0 Å². The Labute approximate surface area is 66.4 Å². The third kappa shape index (κ3) is 4.88. The molecule has 0 aliphatic carbocycles. The Kier molecular flexibility index (Phi) is 6.81. The Morgan fingerprint density at radius 3 is 2.44 bits per heavy atom. The van der Waals surface area contributed by atoms with Crippen LogP contribution in [0.2, 0.25) is 0 Å². The van der Waals surface area contributed by atoms with E-state index < -0.39 is 0 Å². The summed E-state index contributed by atoms with van der Waals surface area (Å²) in [6.45, 7) is 4.22. The van der Waals surface area contributed by atoms with E-state index in [1.165, 1.54) is 12.0 Å². The summed E-state index contributed by atoms with van der Waals surface area (Å²) in [6.07, 6.45) is 2.49. The van der Waals surface area contributed by atoms with Crippen LogP contribution in [-0.2, 0) is 4.18 Å². The smallest absolute Gasteiger partial charge is 0.0721 e. The van der Waals surface area contributed by atoms with Crippen LogP contribution in [0.5, 0.6) is 0 Å². The zero-order valence-electron chi connectivity index (χ0n) is 5.79. The van der Waals surface area contributed by atoms with Gasteiger partial charge in [0.2, 0.25) is 0 Å². The van der Waals surface area contributed by atoms with E-state index in [-0.39, 0.29) is 0 Å². The molecule has 54 valence electrons. The highest BCUT2D eigenvalue weighted by Crippen LogP contribution is 2.10. The Morgan fingerprint density at radius 1 is 1.56 bits per heavy atom. The van der Waals surface area contributed by atoms with Gasteiger partial charge >= 0.3 is 0 Å². The minimum absolute atomic E-state index is 0.370. The minimum atomic E-state index is 0.370. The van der Waals surface area contributed by atoms with Crippen LogP contribution in [0.25, 0.3) is 0 Å².